The molecule has 0 fully saturated rings. The summed E-state index contributed by atoms with van der Waals surface area (Å²) in [5, 5.41) is 3.72. The van der Waals surface area contributed by atoms with Gasteiger partial charge in [0.15, 0.2) is 0 Å². The molecule has 1 aromatic rings. The van der Waals surface area contributed by atoms with Gasteiger partial charge in [-0.2, -0.15) is 0 Å². The summed E-state index contributed by atoms with van der Waals surface area (Å²) in [6.07, 6.45) is 11.8. The van der Waals surface area contributed by atoms with Gasteiger partial charge in [-0.25, -0.2) is 0 Å². The highest BCUT2D eigenvalue weighted by molar-refractivity contribution is 5.37. The summed E-state index contributed by atoms with van der Waals surface area (Å²) in [6, 6.07) is 9.46. The topological polar surface area (TPSA) is 12.0 Å². The van der Waals surface area contributed by atoms with Gasteiger partial charge in [0.05, 0.1) is 6.04 Å². The van der Waals surface area contributed by atoms with Gasteiger partial charge in [-0.15, -0.1) is 0 Å². The first kappa shape index (κ1) is 12.0. The molecule has 0 radical (unpaired) electrons. The van der Waals surface area contributed by atoms with Crippen molar-refractivity contribution < 1.29 is 0 Å². The van der Waals surface area contributed by atoms with E-state index in [1.165, 1.54) is 50.5 Å². The van der Waals surface area contributed by atoms with Crippen LogP contribution in [0.15, 0.2) is 35.9 Å². The molecule has 1 aliphatic heterocycles. The van der Waals surface area contributed by atoms with Crippen LogP contribution in [0.2, 0.25) is 0 Å². The number of benzene rings is 1. The number of nitrogens with one attached hydrogen (secondary N) is 1. The lowest BCUT2D eigenvalue weighted by Crippen LogP contribution is -2.31. The predicted octanol–water partition coefficient (Wildman–Crippen LogP) is 4.15. The number of hydrogen-bond donors (Lipinski definition) is 1. The first-order chi connectivity index (χ1) is 8.95. The molecule has 0 spiro atoms. The van der Waals surface area contributed by atoms with Crippen molar-refractivity contribution in [2.75, 3.05) is 6.54 Å². The van der Waals surface area contributed by atoms with Crippen LogP contribution in [0.25, 0.3) is 0 Å². The van der Waals surface area contributed by atoms with Gasteiger partial charge in [0, 0.05) is 6.54 Å². The summed E-state index contributed by atoms with van der Waals surface area (Å²) in [5.41, 5.74) is 4.71. The van der Waals surface area contributed by atoms with Gasteiger partial charge in [0.2, 0.25) is 0 Å². The van der Waals surface area contributed by atoms with Crippen LogP contribution < -0.4 is 5.32 Å². The molecule has 1 unspecified atom stereocenters. The standard InChI is InChI=1S/C17H23N/c1-2-4-9-15(10-5-3-1)17-16-11-7-6-8-14(16)12-13-18-17/h6-9,11,17-18H,1-5,10,12-13H2/b15-9+. The number of hydrogen-bond acceptors (Lipinski definition) is 1. The van der Waals surface area contributed by atoms with Crippen molar-refractivity contribution >= 4 is 0 Å². The van der Waals surface area contributed by atoms with E-state index >= 15 is 0 Å². The zero-order chi connectivity index (χ0) is 12.2. The molecule has 18 heavy (non-hydrogen) atoms. The smallest absolute Gasteiger partial charge is 0.0538 e. The van der Waals surface area contributed by atoms with Crippen molar-refractivity contribution in [3.63, 3.8) is 0 Å². The maximum Gasteiger partial charge on any atom is 0.0538 e. The zero-order valence-corrected chi connectivity index (χ0v) is 11.1. The van der Waals surface area contributed by atoms with Crippen LogP contribution in [0.3, 0.4) is 0 Å². The van der Waals surface area contributed by atoms with E-state index in [2.05, 4.69) is 35.7 Å². The highest BCUT2D eigenvalue weighted by Gasteiger charge is 2.22. The number of allylic oxidation sites excluding steroid dienone is 1. The Balaban J connectivity index is 1.88. The molecule has 96 valence electrons. The fraction of sp³-hybridized carbons (Fsp3) is 0.529. The van der Waals surface area contributed by atoms with Crippen molar-refractivity contribution in [3.8, 4) is 0 Å². The Labute approximate surface area is 110 Å². The predicted molar refractivity (Wildman–Crippen MR) is 76.7 cm³/mol. The van der Waals surface area contributed by atoms with Gasteiger partial charge in [-0.05, 0) is 43.2 Å². The molecule has 0 aromatic heterocycles. The summed E-state index contributed by atoms with van der Waals surface area (Å²) in [6.45, 7) is 1.12. The van der Waals surface area contributed by atoms with Crippen molar-refractivity contribution in [1.82, 2.24) is 5.32 Å². The van der Waals surface area contributed by atoms with Crippen LogP contribution in [0, 0.1) is 0 Å². The van der Waals surface area contributed by atoms with Crippen molar-refractivity contribution in [2.24, 2.45) is 0 Å². The molecule has 1 N–H and O–H groups in total. The molecule has 0 bridgehead atoms. The molecule has 1 heterocycles. The molecule has 0 amide bonds. The van der Waals surface area contributed by atoms with Crippen LogP contribution in [-0.4, -0.2) is 6.54 Å². The Morgan fingerprint density at radius 1 is 0.944 bits per heavy atom. The molecule has 0 saturated heterocycles. The van der Waals surface area contributed by atoms with Crippen LogP contribution in [0.4, 0.5) is 0 Å². The van der Waals surface area contributed by atoms with E-state index in [-0.39, 0.29) is 0 Å². The average Bonchev–Trinajstić information content (AvgIpc) is 2.38. The maximum absolute atomic E-state index is 3.72. The molecular weight excluding hydrogens is 218 g/mol. The minimum absolute atomic E-state index is 0.494. The third-order valence-electron chi connectivity index (χ3n) is 4.31. The third-order valence-corrected chi connectivity index (χ3v) is 4.31. The zero-order valence-electron chi connectivity index (χ0n) is 11.1. The minimum Gasteiger partial charge on any atom is -0.306 e. The van der Waals surface area contributed by atoms with Crippen LogP contribution in [-0.2, 0) is 6.42 Å². The Hall–Kier alpha value is -1.08. The van der Waals surface area contributed by atoms with E-state index < -0.39 is 0 Å². The molecular formula is C17H23N. The van der Waals surface area contributed by atoms with Crippen molar-refractivity contribution in [1.29, 1.82) is 0 Å². The summed E-state index contributed by atoms with van der Waals surface area (Å²) in [5.74, 6) is 0. The SMILES string of the molecule is C1=C(/C2NCCc3ccccc32)CCCCCC/1. The van der Waals surface area contributed by atoms with Crippen molar-refractivity contribution in [2.45, 2.75) is 51.0 Å². The highest BCUT2D eigenvalue weighted by Crippen LogP contribution is 2.32. The lowest BCUT2D eigenvalue weighted by atomic mass is 9.86. The van der Waals surface area contributed by atoms with E-state index in [1.54, 1.807) is 11.1 Å². The lowest BCUT2D eigenvalue weighted by molar-refractivity contribution is 0.521. The maximum atomic E-state index is 3.72. The first-order valence-corrected chi connectivity index (χ1v) is 7.45. The van der Waals surface area contributed by atoms with E-state index in [9.17, 15) is 0 Å². The van der Waals surface area contributed by atoms with E-state index in [0.29, 0.717) is 6.04 Å². The minimum atomic E-state index is 0.494. The van der Waals surface area contributed by atoms with E-state index in [0.717, 1.165) is 6.54 Å². The monoisotopic (exact) mass is 241 g/mol. The Morgan fingerprint density at radius 2 is 1.83 bits per heavy atom. The second kappa shape index (κ2) is 5.71. The largest absolute Gasteiger partial charge is 0.306 e. The third kappa shape index (κ3) is 2.51. The number of rotatable bonds is 1. The molecule has 1 atom stereocenters. The van der Waals surface area contributed by atoms with E-state index in [4.69, 9.17) is 0 Å². The van der Waals surface area contributed by atoms with Gasteiger partial charge >= 0.3 is 0 Å². The summed E-state index contributed by atoms with van der Waals surface area (Å²) in [7, 11) is 0. The van der Waals surface area contributed by atoms with Gasteiger partial charge in [0.1, 0.15) is 0 Å². The Morgan fingerprint density at radius 3 is 2.83 bits per heavy atom. The molecule has 1 nitrogen and oxygen atoms in total. The molecule has 1 heteroatoms. The molecule has 1 aromatic carbocycles. The summed E-state index contributed by atoms with van der Waals surface area (Å²) in [4.78, 5) is 0. The fourth-order valence-electron chi connectivity index (χ4n) is 3.31. The Kier molecular flexibility index (Phi) is 3.80. The average molecular weight is 241 g/mol. The van der Waals surface area contributed by atoms with Gasteiger partial charge in [0.25, 0.3) is 0 Å². The summed E-state index contributed by atoms with van der Waals surface area (Å²) < 4.78 is 0. The first-order valence-electron chi connectivity index (χ1n) is 7.45. The quantitative estimate of drug-likeness (QED) is 0.728. The van der Waals surface area contributed by atoms with Crippen molar-refractivity contribution in [3.05, 3.63) is 47.0 Å². The molecule has 1 aliphatic carbocycles. The van der Waals surface area contributed by atoms with Crippen LogP contribution >= 0.6 is 0 Å². The second-order valence-electron chi connectivity index (χ2n) is 5.57. The normalized spacial score (nSPS) is 27.6. The lowest BCUT2D eigenvalue weighted by Gasteiger charge is -2.30. The number of fused-ring (bicyclic) bond motifs is 1. The molecule has 0 saturated carbocycles. The van der Waals surface area contributed by atoms with Gasteiger partial charge < -0.3 is 5.32 Å². The second-order valence-corrected chi connectivity index (χ2v) is 5.57. The van der Waals surface area contributed by atoms with E-state index in [1.807, 2.05) is 0 Å². The summed E-state index contributed by atoms with van der Waals surface area (Å²) >= 11 is 0. The molecule has 2 aliphatic rings. The van der Waals surface area contributed by atoms with Gasteiger partial charge in [-0.3, -0.25) is 0 Å². The fourth-order valence-corrected chi connectivity index (χ4v) is 3.31. The molecule has 3 rings (SSSR count). The van der Waals surface area contributed by atoms with Crippen LogP contribution in [0.5, 0.6) is 0 Å². The Bertz CT molecular complexity index is 433. The highest BCUT2D eigenvalue weighted by atomic mass is 14.9. The van der Waals surface area contributed by atoms with Crippen LogP contribution in [0.1, 0.15) is 55.7 Å². The van der Waals surface area contributed by atoms with Gasteiger partial charge in [-0.1, -0.05) is 48.8 Å².